The minimum atomic E-state index is -1.01. The van der Waals surface area contributed by atoms with Crippen LogP contribution in [0.5, 0.6) is 0 Å². The lowest BCUT2D eigenvalue weighted by molar-refractivity contribution is 0.114. The monoisotopic (exact) mass is 457 g/mol. The molecule has 2 fully saturated rings. The van der Waals surface area contributed by atoms with Gasteiger partial charge < -0.3 is 10.6 Å². The summed E-state index contributed by atoms with van der Waals surface area (Å²) in [5, 5.41) is 6.84. The molecule has 0 radical (unpaired) electrons. The van der Waals surface area contributed by atoms with Gasteiger partial charge in [0.2, 0.25) is 5.95 Å². The number of hydrogen-bond acceptors (Lipinski definition) is 5. The van der Waals surface area contributed by atoms with Crippen molar-refractivity contribution in [3.8, 4) is 11.3 Å². The molecule has 1 aliphatic carbocycles. The van der Waals surface area contributed by atoms with Crippen LogP contribution in [0.1, 0.15) is 51.0 Å². The van der Waals surface area contributed by atoms with Crippen molar-refractivity contribution >= 4 is 5.95 Å². The molecule has 1 aromatic heterocycles. The Morgan fingerprint density at radius 3 is 2.76 bits per heavy atom. The second-order valence-corrected chi connectivity index (χ2v) is 9.57. The number of alkyl halides is 2. The molecule has 2 aromatic rings. The Hall–Kier alpha value is -2.12. The summed E-state index contributed by atoms with van der Waals surface area (Å²) in [5.41, 5.74) is 3.22. The van der Waals surface area contributed by atoms with Crippen LogP contribution in [0.15, 0.2) is 36.5 Å². The highest BCUT2D eigenvalue weighted by Crippen LogP contribution is 2.30. The number of anilines is 1. The fourth-order valence-corrected chi connectivity index (χ4v) is 5.13. The Labute approximate surface area is 196 Å². The molecule has 0 spiro atoms. The molecular formula is C26H37F2N5. The number of aromatic nitrogens is 2. The van der Waals surface area contributed by atoms with Gasteiger partial charge in [0.05, 0.1) is 5.69 Å². The van der Waals surface area contributed by atoms with E-state index in [2.05, 4.69) is 56.7 Å². The fourth-order valence-electron chi connectivity index (χ4n) is 5.13. The van der Waals surface area contributed by atoms with Crippen LogP contribution >= 0.6 is 0 Å². The van der Waals surface area contributed by atoms with Gasteiger partial charge in [-0.1, -0.05) is 25.1 Å². The second-order valence-electron chi connectivity index (χ2n) is 9.57. The summed E-state index contributed by atoms with van der Waals surface area (Å²) < 4.78 is 27.2. The standard InChI is InChI=1S/C26H37F2N5/c1-2-33(18-24-7-4-10-29-24)17-20-5-3-6-21(13-20)25-9-12-31-26(32-25)30-11-8-19-14-22(27)16-23(28)15-19/h3,5-6,9,12-13,19,22-24,29H,2,4,7-8,10-11,14-18H2,1H3,(H,30,31,32)/t19?,22?,23?,24-/m0/s1. The van der Waals surface area contributed by atoms with Gasteiger partial charge in [-0.2, -0.15) is 0 Å². The molecule has 4 rings (SSSR count). The van der Waals surface area contributed by atoms with Crippen LogP contribution in [-0.4, -0.2) is 59.4 Å². The lowest BCUT2D eigenvalue weighted by Crippen LogP contribution is -2.37. The molecule has 3 atom stereocenters. The lowest BCUT2D eigenvalue weighted by atomic mass is 9.85. The molecule has 2 heterocycles. The highest BCUT2D eigenvalue weighted by Gasteiger charge is 2.28. The third-order valence-corrected chi connectivity index (χ3v) is 6.90. The maximum Gasteiger partial charge on any atom is 0.223 e. The van der Waals surface area contributed by atoms with Gasteiger partial charge in [-0.3, -0.25) is 4.90 Å². The maximum absolute atomic E-state index is 13.6. The Bertz CT molecular complexity index is 863. The molecule has 1 aliphatic heterocycles. The molecule has 1 saturated carbocycles. The van der Waals surface area contributed by atoms with E-state index >= 15 is 0 Å². The van der Waals surface area contributed by atoms with E-state index in [9.17, 15) is 8.78 Å². The predicted molar refractivity (Wildman–Crippen MR) is 130 cm³/mol. The number of hydrogen-bond donors (Lipinski definition) is 2. The van der Waals surface area contributed by atoms with Crippen LogP contribution in [0.2, 0.25) is 0 Å². The van der Waals surface area contributed by atoms with Crippen LogP contribution in [0, 0.1) is 5.92 Å². The Morgan fingerprint density at radius 2 is 2.00 bits per heavy atom. The van der Waals surface area contributed by atoms with E-state index in [1.807, 2.05) is 6.07 Å². The second kappa shape index (κ2) is 11.8. The van der Waals surface area contributed by atoms with Crippen LogP contribution < -0.4 is 10.6 Å². The molecule has 5 nitrogen and oxygen atoms in total. The van der Waals surface area contributed by atoms with E-state index < -0.39 is 12.3 Å². The van der Waals surface area contributed by atoms with Crippen molar-refractivity contribution in [1.29, 1.82) is 0 Å². The summed E-state index contributed by atoms with van der Waals surface area (Å²) >= 11 is 0. The van der Waals surface area contributed by atoms with Gasteiger partial charge in [0.15, 0.2) is 0 Å². The zero-order valence-electron chi connectivity index (χ0n) is 19.6. The smallest absolute Gasteiger partial charge is 0.223 e. The van der Waals surface area contributed by atoms with Gasteiger partial charge in [0, 0.05) is 43.9 Å². The van der Waals surface area contributed by atoms with Crippen molar-refractivity contribution in [2.24, 2.45) is 5.92 Å². The van der Waals surface area contributed by atoms with Crippen LogP contribution in [0.25, 0.3) is 11.3 Å². The van der Waals surface area contributed by atoms with Crippen LogP contribution in [-0.2, 0) is 6.54 Å². The third-order valence-electron chi connectivity index (χ3n) is 6.90. The molecule has 1 aromatic carbocycles. The first-order chi connectivity index (χ1) is 16.1. The maximum atomic E-state index is 13.6. The first-order valence-electron chi connectivity index (χ1n) is 12.5. The van der Waals surface area contributed by atoms with E-state index in [1.54, 1.807) is 6.20 Å². The molecule has 2 aliphatic rings. The Balaban J connectivity index is 1.33. The molecule has 1 saturated heterocycles. The first kappa shape index (κ1) is 24.0. The normalized spacial score (nSPS) is 25.5. The highest BCUT2D eigenvalue weighted by atomic mass is 19.1. The Kier molecular flexibility index (Phi) is 8.62. The van der Waals surface area contributed by atoms with Gasteiger partial charge in [-0.25, -0.2) is 18.7 Å². The lowest BCUT2D eigenvalue weighted by Gasteiger charge is -2.27. The summed E-state index contributed by atoms with van der Waals surface area (Å²) in [5.74, 6) is 0.641. The molecular weight excluding hydrogens is 420 g/mol. The highest BCUT2D eigenvalue weighted by molar-refractivity contribution is 5.60. The molecule has 2 unspecified atom stereocenters. The van der Waals surface area contributed by atoms with Crippen molar-refractivity contribution < 1.29 is 8.78 Å². The van der Waals surface area contributed by atoms with Crippen molar-refractivity contribution in [1.82, 2.24) is 20.2 Å². The number of rotatable bonds is 10. The predicted octanol–water partition coefficient (Wildman–Crippen LogP) is 5.00. The summed E-state index contributed by atoms with van der Waals surface area (Å²) in [7, 11) is 0. The summed E-state index contributed by atoms with van der Waals surface area (Å²) in [6.07, 6.45) is 3.98. The molecule has 180 valence electrons. The molecule has 0 bridgehead atoms. The van der Waals surface area contributed by atoms with E-state index in [0.717, 1.165) is 43.9 Å². The van der Waals surface area contributed by atoms with E-state index in [1.165, 1.54) is 18.4 Å². The van der Waals surface area contributed by atoms with Gasteiger partial charge >= 0.3 is 0 Å². The molecule has 0 amide bonds. The molecule has 2 N–H and O–H groups in total. The van der Waals surface area contributed by atoms with Gasteiger partial charge in [-0.15, -0.1) is 0 Å². The van der Waals surface area contributed by atoms with E-state index in [-0.39, 0.29) is 12.3 Å². The zero-order chi connectivity index (χ0) is 23.0. The van der Waals surface area contributed by atoms with Crippen molar-refractivity contribution in [2.75, 3.05) is 31.5 Å². The SMILES string of the molecule is CCN(Cc1cccc(-c2ccnc(NCCC3CC(F)CC(F)C3)n2)c1)C[C@@H]1CCCN1. The van der Waals surface area contributed by atoms with Crippen LogP contribution in [0.4, 0.5) is 14.7 Å². The number of likely N-dealkylation sites (N-methyl/N-ethyl adjacent to an activating group) is 1. The largest absolute Gasteiger partial charge is 0.354 e. The molecule has 33 heavy (non-hydrogen) atoms. The number of halogens is 2. The van der Waals surface area contributed by atoms with Crippen LogP contribution in [0.3, 0.4) is 0 Å². The van der Waals surface area contributed by atoms with Gasteiger partial charge in [-0.05, 0) is 68.8 Å². The third kappa shape index (κ3) is 7.18. The summed E-state index contributed by atoms with van der Waals surface area (Å²) in [4.78, 5) is 11.5. The fraction of sp³-hybridized carbons (Fsp3) is 0.615. The minimum Gasteiger partial charge on any atom is -0.354 e. The average molecular weight is 458 g/mol. The molecule has 7 heteroatoms. The summed E-state index contributed by atoms with van der Waals surface area (Å²) in [6, 6.07) is 11.1. The number of nitrogens with one attached hydrogen (secondary N) is 2. The van der Waals surface area contributed by atoms with E-state index in [0.29, 0.717) is 31.4 Å². The van der Waals surface area contributed by atoms with Crippen molar-refractivity contribution in [3.05, 3.63) is 42.1 Å². The topological polar surface area (TPSA) is 53.1 Å². The van der Waals surface area contributed by atoms with Crippen molar-refractivity contribution in [3.63, 3.8) is 0 Å². The van der Waals surface area contributed by atoms with Gasteiger partial charge in [0.1, 0.15) is 12.3 Å². The summed E-state index contributed by atoms with van der Waals surface area (Å²) in [6.45, 7) is 7.00. The first-order valence-corrected chi connectivity index (χ1v) is 12.5. The number of benzene rings is 1. The zero-order valence-corrected chi connectivity index (χ0v) is 19.6. The quantitative estimate of drug-likeness (QED) is 0.526. The van der Waals surface area contributed by atoms with E-state index in [4.69, 9.17) is 0 Å². The van der Waals surface area contributed by atoms with Crippen molar-refractivity contribution in [2.45, 2.75) is 70.4 Å². The number of nitrogens with zero attached hydrogens (tertiary/aromatic N) is 3. The average Bonchev–Trinajstić information content (AvgIpc) is 3.31. The Morgan fingerprint density at radius 1 is 1.15 bits per heavy atom. The van der Waals surface area contributed by atoms with Gasteiger partial charge in [0.25, 0.3) is 0 Å². The minimum absolute atomic E-state index is 0.0572.